The van der Waals surface area contributed by atoms with Gasteiger partial charge < -0.3 is 10.1 Å². The summed E-state index contributed by atoms with van der Waals surface area (Å²) in [7, 11) is 1.27. The van der Waals surface area contributed by atoms with Gasteiger partial charge in [-0.15, -0.1) is 11.3 Å². The first-order valence-electron chi connectivity index (χ1n) is 6.13. The average molecular weight is 308 g/mol. The van der Waals surface area contributed by atoms with E-state index in [-0.39, 0.29) is 12.0 Å². The number of pyridine rings is 1. The lowest BCUT2D eigenvalue weighted by Crippen LogP contribution is -2.30. The molecule has 5 nitrogen and oxygen atoms in total. The summed E-state index contributed by atoms with van der Waals surface area (Å²) in [6.45, 7) is 0. The maximum absolute atomic E-state index is 13.5. The van der Waals surface area contributed by atoms with E-state index in [1.54, 1.807) is 12.1 Å². The molecule has 0 radical (unpaired) electrons. The highest BCUT2D eigenvalue weighted by molar-refractivity contribution is 7.10. The van der Waals surface area contributed by atoms with Gasteiger partial charge in [0.15, 0.2) is 0 Å². The van der Waals surface area contributed by atoms with Gasteiger partial charge >= 0.3 is 5.97 Å². The summed E-state index contributed by atoms with van der Waals surface area (Å²) >= 11 is 1.39. The summed E-state index contributed by atoms with van der Waals surface area (Å²) in [6.07, 6.45) is 1.24. The number of methoxy groups -OCH3 is 1. The van der Waals surface area contributed by atoms with E-state index in [2.05, 4.69) is 15.0 Å². The van der Waals surface area contributed by atoms with Gasteiger partial charge in [-0.25, -0.2) is 4.98 Å². The number of rotatable bonds is 5. The fourth-order valence-corrected chi connectivity index (χ4v) is 2.53. The van der Waals surface area contributed by atoms with Gasteiger partial charge in [0.25, 0.3) is 5.91 Å². The van der Waals surface area contributed by atoms with Crippen molar-refractivity contribution in [1.82, 2.24) is 10.3 Å². The van der Waals surface area contributed by atoms with Crippen LogP contribution < -0.4 is 5.32 Å². The van der Waals surface area contributed by atoms with Crippen LogP contribution in [0.5, 0.6) is 0 Å². The second-order valence-electron chi connectivity index (χ2n) is 4.16. The molecule has 0 bridgehead atoms. The van der Waals surface area contributed by atoms with Gasteiger partial charge in [0, 0.05) is 11.1 Å². The maximum atomic E-state index is 13.5. The van der Waals surface area contributed by atoms with Gasteiger partial charge in [-0.05, 0) is 23.6 Å². The molecule has 2 aromatic rings. The lowest BCUT2D eigenvalue weighted by molar-refractivity contribution is -0.141. The van der Waals surface area contributed by atoms with Crippen LogP contribution in [0.3, 0.4) is 0 Å². The van der Waals surface area contributed by atoms with Gasteiger partial charge in [-0.2, -0.15) is 4.39 Å². The summed E-state index contributed by atoms with van der Waals surface area (Å²) < 4.78 is 18.1. The SMILES string of the molecule is COC(=O)CC(NC(=O)c1cccnc1F)c1cccs1. The Bertz CT molecular complexity index is 631. The van der Waals surface area contributed by atoms with E-state index in [0.717, 1.165) is 4.88 Å². The molecule has 1 amide bonds. The zero-order chi connectivity index (χ0) is 15.2. The monoisotopic (exact) mass is 308 g/mol. The minimum absolute atomic E-state index is 0.0232. The molecule has 1 unspecified atom stereocenters. The molecule has 0 fully saturated rings. The van der Waals surface area contributed by atoms with Crippen LogP contribution in [0.15, 0.2) is 35.8 Å². The standard InChI is InChI=1S/C14H13FN2O3S/c1-20-12(18)8-10(11-5-3-7-21-11)17-14(19)9-4-2-6-16-13(9)15/h2-7,10H,8H2,1H3,(H,17,19). The summed E-state index contributed by atoms with van der Waals surface area (Å²) in [6, 6.07) is 5.84. The summed E-state index contributed by atoms with van der Waals surface area (Å²) in [5, 5.41) is 4.46. The van der Waals surface area contributed by atoms with Crippen molar-refractivity contribution in [3.05, 3.63) is 52.2 Å². The van der Waals surface area contributed by atoms with Crippen molar-refractivity contribution in [2.45, 2.75) is 12.5 Å². The Kier molecular flexibility index (Phi) is 4.99. The Hall–Kier alpha value is -2.28. The maximum Gasteiger partial charge on any atom is 0.307 e. The Balaban J connectivity index is 2.17. The van der Waals surface area contributed by atoms with Crippen LogP contribution in [0.25, 0.3) is 0 Å². The van der Waals surface area contributed by atoms with E-state index in [9.17, 15) is 14.0 Å². The number of hydrogen-bond donors (Lipinski definition) is 1. The number of carbonyl (C=O) groups is 2. The second-order valence-corrected chi connectivity index (χ2v) is 5.14. The van der Waals surface area contributed by atoms with Crippen LogP contribution in [0, 0.1) is 5.95 Å². The molecule has 7 heteroatoms. The summed E-state index contributed by atoms with van der Waals surface area (Å²) in [5.74, 6) is -1.93. The van der Waals surface area contributed by atoms with E-state index in [0.29, 0.717) is 0 Å². The summed E-state index contributed by atoms with van der Waals surface area (Å²) in [4.78, 5) is 27.8. The van der Waals surface area contributed by atoms with Crippen molar-refractivity contribution in [2.75, 3.05) is 7.11 Å². The third-order valence-corrected chi connectivity index (χ3v) is 3.78. The first-order chi connectivity index (χ1) is 10.1. The number of hydrogen-bond acceptors (Lipinski definition) is 5. The highest BCUT2D eigenvalue weighted by Gasteiger charge is 2.22. The number of nitrogens with zero attached hydrogens (tertiary/aromatic N) is 1. The molecular weight excluding hydrogens is 295 g/mol. The molecule has 0 aliphatic heterocycles. The smallest absolute Gasteiger partial charge is 0.307 e. The van der Waals surface area contributed by atoms with Crippen LogP contribution in [0.4, 0.5) is 4.39 Å². The molecule has 0 spiro atoms. The number of halogens is 1. The molecule has 21 heavy (non-hydrogen) atoms. The predicted molar refractivity (Wildman–Crippen MR) is 75.4 cm³/mol. The lowest BCUT2D eigenvalue weighted by atomic mass is 10.1. The average Bonchev–Trinajstić information content (AvgIpc) is 3.01. The van der Waals surface area contributed by atoms with E-state index < -0.39 is 23.9 Å². The van der Waals surface area contributed by atoms with Crippen molar-refractivity contribution in [3.63, 3.8) is 0 Å². The van der Waals surface area contributed by atoms with Gasteiger partial charge in [0.2, 0.25) is 5.95 Å². The minimum atomic E-state index is -0.849. The molecule has 1 N–H and O–H groups in total. The number of carbonyl (C=O) groups excluding carboxylic acids is 2. The Morgan fingerprint density at radius 3 is 2.86 bits per heavy atom. The van der Waals surface area contributed by atoms with E-state index in [1.807, 2.05) is 5.38 Å². The van der Waals surface area contributed by atoms with Crippen LogP contribution >= 0.6 is 11.3 Å². The van der Waals surface area contributed by atoms with Crippen molar-refractivity contribution < 1.29 is 18.7 Å². The molecule has 0 saturated heterocycles. The zero-order valence-electron chi connectivity index (χ0n) is 11.2. The molecule has 0 aromatic carbocycles. The van der Waals surface area contributed by atoms with E-state index in [4.69, 9.17) is 0 Å². The molecule has 1 atom stereocenters. The fraction of sp³-hybridized carbons (Fsp3) is 0.214. The predicted octanol–water partition coefficient (Wildman–Crippen LogP) is 2.32. The highest BCUT2D eigenvalue weighted by atomic mass is 32.1. The largest absolute Gasteiger partial charge is 0.469 e. The lowest BCUT2D eigenvalue weighted by Gasteiger charge is -2.16. The summed E-state index contributed by atoms with van der Waals surface area (Å²) in [5.41, 5.74) is -0.163. The van der Waals surface area contributed by atoms with Crippen molar-refractivity contribution in [3.8, 4) is 0 Å². The van der Waals surface area contributed by atoms with Crippen LogP contribution in [-0.4, -0.2) is 24.0 Å². The van der Waals surface area contributed by atoms with E-state index >= 15 is 0 Å². The topological polar surface area (TPSA) is 68.3 Å². The Morgan fingerprint density at radius 1 is 1.43 bits per heavy atom. The number of amides is 1. The molecule has 2 rings (SSSR count). The first-order valence-corrected chi connectivity index (χ1v) is 7.01. The number of thiophene rings is 1. The van der Waals surface area contributed by atoms with Crippen molar-refractivity contribution >= 4 is 23.2 Å². The minimum Gasteiger partial charge on any atom is -0.469 e. The normalized spacial score (nSPS) is 11.7. The number of esters is 1. The molecule has 2 aromatic heterocycles. The van der Waals surface area contributed by atoms with Crippen molar-refractivity contribution in [1.29, 1.82) is 0 Å². The van der Waals surface area contributed by atoms with Crippen LogP contribution in [0.2, 0.25) is 0 Å². The molecule has 0 aliphatic carbocycles. The molecule has 2 heterocycles. The second kappa shape index (κ2) is 6.94. The number of aromatic nitrogens is 1. The van der Waals surface area contributed by atoms with Gasteiger partial charge in [-0.1, -0.05) is 6.07 Å². The highest BCUT2D eigenvalue weighted by Crippen LogP contribution is 2.23. The molecular formula is C14H13FN2O3S. The van der Waals surface area contributed by atoms with Gasteiger partial charge in [0.05, 0.1) is 25.1 Å². The Labute approximate surface area is 124 Å². The quantitative estimate of drug-likeness (QED) is 0.680. The molecule has 0 saturated carbocycles. The first kappa shape index (κ1) is 15.1. The molecule has 110 valence electrons. The Morgan fingerprint density at radius 2 is 2.24 bits per heavy atom. The van der Waals surface area contributed by atoms with E-state index in [1.165, 1.54) is 36.8 Å². The third kappa shape index (κ3) is 3.85. The van der Waals surface area contributed by atoms with Gasteiger partial charge in [0.1, 0.15) is 0 Å². The number of nitrogens with one attached hydrogen (secondary N) is 1. The zero-order valence-corrected chi connectivity index (χ0v) is 12.0. The van der Waals surface area contributed by atoms with Crippen molar-refractivity contribution in [2.24, 2.45) is 0 Å². The number of ether oxygens (including phenoxy) is 1. The third-order valence-electron chi connectivity index (χ3n) is 2.79. The molecule has 0 aliphatic rings. The fourth-order valence-electron chi connectivity index (χ4n) is 1.75. The van der Waals surface area contributed by atoms with Gasteiger partial charge in [-0.3, -0.25) is 9.59 Å². The van der Waals surface area contributed by atoms with Crippen LogP contribution in [0.1, 0.15) is 27.7 Å². The van der Waals surface area contributed by atoms with Crippen LogP contribution in [-0.2, 0) is 9.53 Å².